The minimum atomic E-state index is -0.991. The Balaban J connectivity index is 2.55. The van der Waals surface area contributed by atoms with Gasteiger partial charge >= 0.3 is 5.97 Å². The van der Waals surface area contributed by atoms with Crippen LogP contribution in [0.15, 0.2) is 18.2 Å². The number of benzene rings is 1. The maximum atomic E-state index is 10.8. The first-order valence-electron chi connectivity index (χ1n) is 5.92. The molecule has 0 amide bonds. The number of aromatic carboxylic acids is 1. The van der Waals surface area contributed by atoms with Crippen molar-refractivity contribution in [2.24, 2.45) is 0 Å². The highest BCUT2D eigenvalue weighted by Gasteiger charge is 2.12. The smallest absolute Gasteiger partial charge is 0.353 e. The molecule has 94 valence electrons. The number of hydrogen-bond acceptors (Lipinski definition) is 2. The second-order valence-corrected chi connectivity index (χ2v) is 4.41. The van der Waals surface area contributed by atoms with Crippen molar-refractivity contribution in [1.29, 1.82) is 0 Å². The van der Waals surface area contributed by atoms with Gasteiger partial charge < -0.3 is 5.11 Å². The van der Waals surface area contributed by atoms with E-state index in [1.807, 2.05) is 6.92 Å². The van der Waals surface area contributed by atoms with E-state index >= 15 is 0 Å². The molecule has 4 nitrogen and oxygen atoms in total. The van der Waals surface area contributed by atoms with Gasteiger partial charge in [0.05, 0.1) is 5.69 Å². The number of carboxylic acids is 1. The summed E-state index contributed by atoms with van der Waals surface area (Å²) in [6.45, 7) is 6.18. The molecule has 1 aromatic heterocycles. The van der Waals surface area contributed by atoms with E-state index in [0.717, 1.165) is 17.5 Å². The summed E-state index contributed by atoms with van der Waals surface area (Å²) in [6, 6.07) is 5.80. The summed E-state index contributed by atoms with van der Waals surface area (Å²) in [5.74, 6) is -0.991. The summed E-state index contributed by atoms with van der Waals surface area (Å²) in [4.78, 5) is 10.8. The van der Waals surface area contributed by atoms with Crippen LogP contribution < -0.4 is 0 Å². The summed E-state index contributed by atoms with van der Waals surface area (Å²) in [7, 11) is 0. The Bertz CT molecular complexity index is 600. The van der Waals surface area contributed by atoms with E-state index < -0.39 is 5.97 Å². The van der Waals surface area contributed by atoms with Gasteiger partial charge in [0.2, 0.25) is 0 Å². The summed E-state index contributed by atoms with van der Waals surface area (Å²) < 4.78 is 0. The quantitative estimate of drug-likeness (QED) is 0.872. The summed E-state index contributed by atoms with van der Waals surface area (Å²) in [5, 5.41) is 15.5. The zero-order chi connectivity index (χ0) is 13.3. The predicted octanol–water partition coefficient (Wildman–Crippen LogP) is 2.95. The highest BCUT2D eigenvalue weighted by molar-refractivity contribution is 5.87. The van der Waals surface area contributed by atoms with E-state index in [4.69, 9.17) is 5.11 Å². The summed E-state index contributed by atoms with van der Waals surface area (Å²) in [6.07, 6.45) is 0.949. The first-order chi connectivity index (χ1) is 8.52. The zero-order valence-corrected chi connectivity index (χ0v) is 10.7. The third-order valence-electron chi connectivity index (χ3n) is 3.22. The van der Waals surface area contributed by atoms with Gasteiger partial charge in [0, 0.05) is 5.56 Å². The topological polar surface area (TPSA) is 66.0 Å². The van der Waals surface area contributed by atoms with Gasteiger partial charge in [0.25, 0.3) is 0 Å². The number of rotatable bonds is 3. The largest absolute Gasteiger partial charge is 0.477 e. The molecule has 0 aliphatic heterocycles. The van der Waals surface area contributed by atoms with Crippen LogP contribution in [0.4, 0.5) is 0 Å². The van der Waals surface area contributed by atoms with Gasteiger partial charge in [-0.05, 0) is 49.1 Å². The number of aromatic amines is 1. The molecule has 0 fully saturated rings. The number of aromatic nitrogens is 2. The molecular weight excluding hydrogens is 228 g/mol. The zero-order valence-electron chi connectivity index (χ0n) is 10.7. The van der Waals surface area contributed by atoms with Crippen molar-refractivity contribution in [2.75, 3.05) is 0 Å². The third-order valence-corrected chi connectivity index (χ3v) is 3.22. The standard InChI is InChI=1S/C14H16N2O2/c1-4-10-5-8(2)9(3)11(6-10)12-7-13(14(17)18)16-15-12/h5-7H,4H2,1-3H3,(H,15,16)(H,17,18). The lowest BCUT2D eigenvalue weighted by Gasteiger charge is -2.09. The van der Waals surface area contributed by atoms with E-state index in [-0.39, 0.29) is 5.69 Å². The molecule has 0 radical (unpaired) electrons. The van der Waals surface area contributed by atoms with Crippen LogP contribution in [0, 0.1) is 13.8 Å². The number of carboxylic acid groups (broad SMARTS) is 1. The predicted molar refractivity (Wildman–Crippen MR) is 69.8 cm³/mol. The van der Waals surface area contributed by atoms with E-state index in [1.54, 1.807) is 6.07 Å². The average molecular weight is 244 g/mol. The number of carbonyl (C=O) groups is 1. The maximum absolute atomic E-state index is 10.8. The van der Waals surface area contributed by atoms with Crippen LogP contribution in [-0.2, 0) is 6.42 Å². The normalized spacial score (nSPS) is 10.6. The Morgan fingerprint density at radius 1 is 1.33 bits per heavy atom. The molecule has 1 aromatic carbocycles. The van der Waals surface area contributed by atoms with Crippen LogP contribution in [0.5, 0.6) is 0 Å². The summed E-state index contributed by atoms with van der Waals surface area (Å²) in [5.41, 5.74) is 5.36. The Morgan fingerprint density at radius 3 is 2.61 bits per heavy atom. The van der Waals surface area contributed by atoms with E-state index in [0.29, 0.717) is 5.69 Å². The molecule has 0 aliphatic rings. The molecule has 2 aromatic rings. The van der Waals surface area contributed by atoms with Crippen molar-refractivity contribution in [1.82, 2.24) is 10.2 Å². The van der Waals surface area contributed by atoms with Gasteiger partial charge in [-0.25, -0.2) is 4.79 Å². The van der Waals surface area contributed by atoms with Crippen LogP contribution in [0.25, 0.3) is 11.3 Å². The Morgan fingerprint density at radius 2 is 2.06 bits per heavy atom. The van der Waals surface area contributed by atoms with Crippen LogP contribution in [0.1, 0.15) is 34.1 Å². The van der Waals surface area contributed by atoms with Crippen LogP contribution in [-0.4, -0.2) is 21.3 Å². The molecule has 0 unspecified atom stereocenters. The van der Waals surface area contributed by atoms with Crippen LogP contribution in [0.2, 0.25) is 0 Å². The number of nitrogens with one attached hydrogen (secondary N) is 1. The van der Waals surface area contributed by atoms with Gasteiger partial charge in [-0.2, -0.15) is 5.10 Å². The number of aryl methyl sites for hydroxylation is 2. The molecular formula is C14H16N2O2. The SMILES string of the molecule is CCc1cc(C)c(C)c(-c2cc(C(=O)O)[nH]n2)c1. The van der Waals surface area contributed by atoms with Crippen molar-refractivity contribution >= 4 is 5.97 Å². The lowest BCUT2D eigenvalue weighted by atomic mass is 9.96. The average Bonchev–Trinajstić information content (AvgIpc) is 2.82. The first kappa shape index (κ1) is 12.4. The van der Waals surface area contributed by atoms with Crippen molar-refractivity contribution in [3.8, 4) is 11.3 Å². The van der Waals surface area contributed by atoms with Crippen LogP contribution >= 0.6 is 0 Å². The monoisotopic (exact) mass is 244 g/mol. The van der Waals surface area contributed by atoms with Crippen molar-refractivity contribution in [2.45, 2.75) is 27.2 Å². The molecule has 0 saturated carbocycles. The second kappa shape index (κ2) is 4.64. The molecule has 0 bridgehead atoms. The Kier molecular flexibility index (Phi) is 3.19. The first-order valence-corrected chi connectivity index (χ1v) is 5.92. The second-order valence-electron chi connectivity index (χ2n) is 4.41. The van der Waals surface area contributed by atoms with Crippen LogP contribution in [0.3, 0.4) is 0 Å². The molecule has 0 spiro atoms. The lowest BCUT2D eigenvalue weighted by molar-refractivity contribution is 0.0690. The molecule has 18 heavy (non-hydrogen) atoms. The fourth-order valence-electron chi connectivity index (χ4n) is 1.97. The molecule has 4 heteroatoms. The number of hydrogen-bond donors (Lipinski definition) is 2. The van der Waals surface area contributed by atoms with E-state index in [2.05, 4.69) is 36.2 Å². The summed E-state index contributed by atoms with van der Waals surface area (Å²) >= 11 is 0. The number of nitrogens with zero attached hydrogens (tertiary/aromatic N) is 1. The van der Waals surface area contributed by atoms with E-state index in [9.17, 15) is 4.79 Å². The highest BCUT2D eigenvalue weighted by Crippen LogP contribution is 2.26. The minimum Gasteiger partial charge on any atom is -0.477 e. The van der Waals surface area contributed by atoms with Crippen molar-refractivity contribution in [3.05, 3.63) is 40.6 Å². The Hall–Kier alpha value is -2.10. The molecule has 0 aliphatic carbocycles. The Labute approximate surface area is 106 Å². The van der Waals surface area contributed by atoms with Gasteiger partial charge in [0.15, 0.2) is 0 Å². The van der Waals surface area contributed by atoms with Gasteiger partial charge in [0.1, 0.15) is 5.69 Å². The fourth-order valence-corrected chi connectivity index (χ4v) is 1.97. The lowest BCUT2D eigenvalue weighted by Crippen LogP contribution is -1.95. The van der Waals surface area contributed by atoms with E-state index in [1.165, 1.54) is 11.1 Å². The maximum Gasteiger partial charge on any atom is 0.353 e. The molecule has 0 saturated heterocycles. The van der Waals surface area contributed by atoms with Gasteiger partial charge in [-0.3, -0.25) is 5.10 Å². The minimum absolute atomic E-state index is 0.115. The molecule has 2 rings (SSSR count). The van der Waals surface area contributed by atoms with Crippen molar-refractivity contribution in [3.63, 3.8) is 0 Å². The molecule has 1 heterocycles. The number of H-pyrrole nitrogens is 1. The highest BCUT2D eigenvalue weighted by atomic mass is 16.4. The van der Waals surface area contributed by atoms with Gasteiger partial charge in [-0.1, -0.05) is 13.0 Å². The fraction of sp³-hybridized carbons (Fsp3) is 0.286. The third kappa shape index (κ3) is 2.14. The molecule has 0 atom stereocenters. The van der Waals surface area contributed by atoms with Crippen molar-refractivity contribution < 1.29 is 9.90 Å². The van der Waals surface area contributed by atoms with Gasteiger partial charge in [-0.15, -0.1) is 0 Å². The molecule has 2 N–H and O–H groups in total.